The number of methoxy groups -OCH3 is 1. The van der Waals surface area contributed by atoms with E-state index < -0.39 is 0 Å². The van der Waals surface area contributed by atoms with Crippen LogP contribution in [0, 0.1) is 0 Å². The zero-order valence-corrected chi connectivity index (χ0v) is 14.9. The molecule has 0 saturated carbocycles. The number of ether oxygens (including phenoxy) is 1. The van der Waals surface area contributed by atoms with Gasteiger partial charge < -0.3 is 15.4 Å². The van der Waals surface area contributed by atoms with Crippen LogP contribution in [0.5, 0.6) is 0 Å². The molecule has 1 aliphatic heterocycles. The second-order valence-electron chi connectivity index (χ2n) is 6.35. The fourth-order valence-electron chi connectivity index (χ4n) is 2.55. The first-order chi connectivity index (χ1) is 10.9. The Bertz CT molecular complexity index is 370. The highest BCUT2D eigenvalue weighted by molar-refractivity contribution is 5.78. The summed E-state index contributed by atoms with van der Waals surface area (Å²) in [6.07, 6.45) is 0.941. The number of rotatable bonds is 9. The molecule has 1 saturated heterocycles. The quantitative estimate of drug-likeness (QED) is 0.606. The summed E-state index contributed by atoms with van der Waals surface area (Å²) in [6.45, 7) is 10.6. The van der Waals surface area contributed by atoms with Crippen LogP contribution in [0.15, 0.2) is 0 Å². The minimum absolute atomic E-state index is 0.0255. The number of piperazine rings is 1. The monoisotopic (exact) mass is 328 g/mol. The van der Waals surface area contributed by atoms with Crippen molar-refractivity contribution in [1.29, 1.82) is 0 Å². The summed E-state index contributed by atoms with van der Waals surface area (Å²) in [5.74, 6) is 0.108. The second kappa shape index (κ2) is 10.6. The Morgan fingerprint density at radius 1 is 0.957 bits per heavy atom. The molecule has 1 heterocycles. The molecule has 0 aromatic rings. The first-order valence-corrected chi connectivity index (χ1v) is 8.47. The summed E-state index contributed by atoms with van der Waals surface area (Å²) in [4.78, 5) is 28.1. The van der Waals surface area contributed by atoms with Gasteiger partial charge in [0.2, 0.25) is 11.8 Å². The van der Waals surface area contributed by atoms with Gasteiger partial charge in [-0.1, -0.05) is 6.92 Å². The van der Waals surface area contributed by atoms with Crippen molar-refractivity contribution < 1.29 is 14.3 Å². The molecule has 0 radical (unpaired) electrons. The maximum absolute atomic E-state index is 11.9. The van der Waals surface area contributed by atoms with Crippen molar-refractivity contribution in [2.45, 2.75) is 39.3 Å². The Labute approximate surface area is 139 Å². The molecule has 2 amide bonds. The predicted molar refractivity (Wildman–Crippen MR) is 90.3 cm³/mol. The Hall–Kier alpha value is -1.18. The second-order valence-corrected chi connectivity index (χ2v) is 6.35. The molecule has 2 N–H and O–H groups in total. The molecule has 0 bridgehead atoms. The van der Waals surface area contributed by atoms with Crippen molar-refractivity contribution in [3.63, 3.8) is 0 Å². The standard InChI is InChI=1S/C16H32N4O3/c1-5-13(2)17-15(21)10-19-6-8-20(9-7-19)11-16(22)18-14(3)12-23-4/h13-14H,5-12H2,1-4H3,(H,17,21)(H,18,22). The van der Waals surface area contributed by atoms with E-state index in [9.17, 15) is 9.59 Å². The number of amides is 2. The topological polar surface area (TPSA) is 73.9 Å². The average Bonchev–Trinajstić information content (AvgIpc) is 2.49. The number of hydrogen-bond donors (Lipinski definition) is 2. The zero-order chi connectivity index (χ0) is 17.2. The van der Waals surface area contributed by atoms with E-state index in [1.165, 1.54) is 0 Å². The highest BCUT2D eigenvalue weighted by atomic mass is 16.5. The molecule has 0 spiro atoms. The third-order valence-electron chi connectivity index (χ3n) is 4.04. The molecule has 7 heteroatoms. The van der Waals surface area contributed by atoms with E-state index in [0.29, 0.717) is 19.7 Å². The molecule has 0 aromatic heterocycles. The van der Waals surface area contributed by atoms with Gasteiger partial charge in [0.05, 0.1) is 19.7 Å². The van der Waals surface area contributed by atoms with Gasteiger partial charge in [-0.05, 0) is 20.3 Å². The fraction of sp³-hybridized carbons (Fsp3) is 0.875. The van der Waals surface area contributed by atoms with Crippen LogP contribution in [0.25, 0.3) is 0 Å². The highest BCUT2D eigenvalue weighted by Gasteiger charge is 2.21. The molecule has 0 aromatic carbocycles. The van der Waals surface area contributed by atoms with Crippen LogP contribution in [0.1, 0.15) is 27.2 Å². The normalized spacial score (nSPS) is 19.1. The minimum atomic E-state index is 0.0255. The molecule has 1 rings (SSSR count). The summed E-state index contributed by atoms with van der Waals surface area (Å²) >= 11 is 0. The van der Waals surface area contributed by atoms with Gasteiger partial charge in [0.1, 0.15) is 0 Å². The Morgan fingerprint density at radius 2 is 1.39 bits per heavy atom. The van der Waals surface area contributed by atoms with E-state index >= 15 is 0 Å². The van der Waals surface area contributed by atoms with E-state index in [0.717, 1.165) is 32.6 Å². The first-order valence-electron chi connectivity index (χ1n) is 8.47. The lowest BCUT2D eigenvalue weighted by molar-refractivity contribution is -0.125. The number of nitrogens with one attached hydrogen (secondary N) is 2. The zero-order valence-electron chi connectivity index (χ0n) is 14.9. The summed E-state index contributed by atoms with van der Waals surface area (Å²) < 4.78 is 5.01. The largest absolute Gasteiger partial charge is 0.383 e. The Kier molecular flexibility index (Phi) is 9.13. The van der Waals surface area contributed by atoms with Gasteiger partial charge in [-0.3, -0.25) is 19.4 Å². The van der Waals surface area contributed by atoms with Crippen LogP contribution in [-0.4, -0.2) is 86.7 Å². The Balaban J connectivity index is 2.22. The SMILES string of the molecule is CCC(C)NC(=O)CN1CCN(CC(=O)NC(C)COC)CC1. The molecule has 2 unspecified atom stereocenters. The van der Waals surface area contributed by atoms with E-state index in [1.54, 1.807) is 7.11 Å². The third kappa shape index (κ3) is 8.29. The third-order valence-corrected chi connectivity index (χ3v) is 4.04. The molecule has 0 aliphatic carbocycles. The molecular weight excluding hydrogens is 296 g/mol. The van der Waals surface area contributed by atoms with Gasteiger partial charge in [0.25, 0.3) is 0 Å². The summed E-state index contributed by atoms with van der Waals surface area (Å²) in [7, 11) is 1.62. The van der Waals surface area contributed by atoms with Gasteiger partial charge in [-0.2, -0.15) is 0 Å². The van der Waals surface area contributed by atoms with Crippen LogP contribution in [0.3, 0.4) is 0 Å². The molecule has 7 nitrogen and oxygen atoms in total. The van der Waals surface area contributed by atoms with Crippen molar-refractivity contribution in [2.75, 3.05) is 53.0 Å². The lowest BCUT2D eigenvalue weighted by Crippen LogP contribution is -2.52. The lowest BCUT2D eigenvalue weighted by Gasteiger charge is -2.34. The van der Waals surface area contributed by atoms with Crippen molar-refractivity contribution in [1.82, 2.24) is 20.4 Å². The number of carbonyl (C=O) groups excluding carboxylic acids is 2. The molecule has 134 valence electrons. The molecular formula is C16H32N4O3. The van der Waals surface area contributed by atoms with Crippen LogP contribution in [-0.2, 0) is 14.3 Å². The predicted octanol–water partition coefficient (Wildman–Crippen LogP) is -0.330. The average molecular weight is 328 g/mol. The van der Waals surface area contributed by atoms with E-state index in [4.69, 9.17) is 4.74 Å². The van der Waals surface area contributed by atoms with Gasteiger partial charge >= 0.3 is 0 Å². The van der Waals surface area contributed by atoms with Gasteiger partial charge in [-0.15, -0.1) is 0 Å². The van der Waals surface area contributed by atoms with Gasteiger partial charge in [-0.25, -0.2) is 0 Å². The van der Waals surface area contributed by atoms with Crippen molar-refractivity contribution >= 4 is 11.8 Å². The van der Waals surface area contributed by atoms with E-state index in [-0.39, 0.29) is 23.9 Å². The van der Waals surface area contributed by atoms with E-state index in [1.807, 2.05) is 13.8 Å². The maximum atomic E-state index is 11.9. The first kappa shape index (κ1) is 19.9. The van der Waals surface area contributed by atoms with Crippen molar-refractivity contribution in [3.8, 4) is 0 Å². The maximum Gasteiger partial charge on any atom is 0.234 e. The molecule has 2 atom stereocenters. The summed E-state index contributed by atoms with van der Waals surface area (Å²) in [5, 5.41) is 5.90. The van der Waals surface area contributed by atoms with E-state index in [2.05, 4.69) is 27.4 Å². The van der Waals surface area contributed by atoms with Crippen LogP contribution >= 0.6 is 0 Å². The Morgan fingerprint density at radius 3 is 1.78 bits per heavy atom. The summed E-state index contributed by atoms with van der Waals surface area (Å²) in [6, 6.07) is 0.250. The minimum Gasteiger partial charge on any atom is -0.383 e. The van der Waals surface area contributed by atoms with Crippen LogP contribution in [0.4, 0.5) is 0 Å². The van der Waals surface area contributed by atoms with Crippen LogP contribution in [0.2, 0.25) is 0 Å². The highest BCUT2D eigenvalue weighted by Crippen LogP contribution is 2.01. The number of hydrogen-bond acceptors (Lipinski definition) is 5. The fourth-order valence-corrected chi connectivity index (χ4v) is 2.55. The summed E-state index contributed by atoms with van der Waals surface area (Å²) in [5.41, 5.74) is 0. The van der Waals surface area contributed by atoms with Crippen molar-refractivity contribution in [3.05, 3.63) is 0 Å². The van der Waals surface area contributed by atoms with Crippen molar-refractivity contribution in [2.24, 2.45) is 0 Å². The molecule has 1 aliphatic rings. The van der Waals surface area contributed by atoms with Gasteiger partial charge in [0.15, 0.2) is 0 Å². The number of nitrogens with zero attached hydrogens (tertiary/aromatic N) is 2. The number of carbonyl (C=O) groups is 2. The lowest BCUT2D eigenvalue weighted by atomic mass is 10.2. The smallest absolute Gasteiger partial charge is 0.234 e. The van der Waals surface area contributed by atoms with Crippen LogP contribution < -0.4 is 10.6 Å². The van der Waals surface area contributed by atoms with Gasteiger partial charge in [0, 0.05) is 45.4 Å². The molecule has 23 heavy (non-hydrogen) atoms. The molecule has 1 fully saturated rings.